The molecule has 0 aliphatic rings. The Balaban J connectivity index is 0. The molecule has 0 saturated heterocycles. The molecule has 0 atom stereocenters. The van der Waals surface area contributed by atoms with Crippen LogP contribution in [-0.4, -0.2) is 43.6 Å². The maximum Gasteiger partial charge on any atom is 0.344 e. The molecular weight excluding hydrogens is 138 g/mol. The fourth-order valence-electron chi connectivity index (χ4n) is 0.400. The van der Waals surface area contributed by atoms with Crippen LogP contribution in [0.25, 0.3) is 0 Å². The largest absolute Gasteiger partial charge is 0.344 e. The molecule has 0 spiro atoms. The lowest BCUT2D eigenvalue weighted by Crippen LogP contribution is -2.36. The Morgan fingerprint density at radius 1 is 1.33 bits per heavy atom. The SMILES string of the molecule is CN(C)C(N)=[N+](C)C.Cl. The van der Waals surface area contributed by atoms with E-state index < -0.39 is 0 Å². The topological polar surface area (TPSA) is 32.3 Å². The second kappa shape index (κ2) is 4.44. The minimum atomic E-state index is 0. The first-order chi connectivity index (χ1) is 3.55. The molecule has 4 heteroatoms. The standard InChI is InChI=1S/C5H13N3.ClH/c1-7(2)5(6)8(3)4;/h6H,1-4H3;1H/p+1. The van der Waals surface area contributed by atoms with Gasteiger partial charge in [-0.15, -0.1) is 12.4 Å². The lowest BCUT2D eigenvalue weighted by molar-refractivity contribution is -0.470. The lowest BCUT2D eigenvalue weighted by atomic mass is 10.8. The second-order valence-electron chi connectivity index (χ2n) is 2.15. The summed E-state index contributed by atoms with van der Waals surface area (Å²) in [4.78, 5) is 1.86. The number of nitrogens with two attached hydrogens (primary N) is 1. The molecule has 0 aromatic heterocycles. The highest BCUT2D eigenvalue weighted by Crippen LogP contribution is 1.68. The maximum atomic E-state index is 5.53. The number of rotatable bonds is 0. The molecular formula is C5H15ClN3+. The van der Waals surface area contributed by atoms with Gasteiger partial charge < -0.3 is 0 Å². The zero-order valence-electron chi connectivity index (χ0n) is 6.38. The first-order valence-corrected chi connectivity index (χ1v) is 2.52. The zero-order valence-corrected chi connectivity index (χ0v) is 7.20. The van der Waals surface area contributed by atoms with Gasteiger partial charge in [-0.3, -0.25) is 15.2 Å². The summed E-state index contributed by atoms with van der Waals surface area (Å²) in [5, 5.41) is 0. The van der Waals surface area contributed by atoms with Crippen molar-refractivity contribution in [2.45, 2.75) is 0 Å². The van der Waals surface area contributed by atoms with Crippen molar-refractivity contribution >= 4 is 18.4 Å². The summed E-state index contributed by atoms with van der Waals surface area (Å²) < 4.78 is 1.86. The summed E-state index contributed by atoms with van der Waals surface area (Å²) in [7, 11) is 7.65. The average molecular weight is 153 g/mol. The predicted molar refractivity (Wildman–Crippen MR) is 42.2 cm³/mol. The van der Waals surface area contributed by atoms with Gasteiger partial charge in [-0.25, -0.2) is 0 Å². The van der Waals surface area contributed by atoms with Crippen molar-refractivity contribution in [1.29, 1.82) is 0 Å². The Morgan fingerprint density at radius 3 is 1.67 bits per heavy atom. The summed E-state index contributed by atoms with van der Waals surface area (Å²) in [5.41, 5.74) is 5.53. The van der Waals surface area contributed by atoms with E-state index in [4.69, 9.17) is 5.73 Å². The summed E-state index contributed by atoms with van der Waals surface area (Å²) in [6, 6.07) is 0. The van der Waals surface area contributed by atoms with Crippen molar-refractivity contribution in [3.05, 3.63) is 0 Å². The minimum absolute atomic E-state index is 0. The van der Waals surface area contributed by atoms with Gasteiger partial charge in [0.05, 0.1) is 28.2 Å². The molecule has 0 saturated carbocycles. The summed E-state index contributed by atoms with van der Waals surface area (Å²) in [5.74, 6) is 0.769. The van der Waals surface area contributed by atoms with E-state index in [9.17, 15) is 0 Å². The van der Waals surface area contributed by atoms with E-state index in [1.165, 1.54) is 0 Å². The first kappa shape index (κ1) is 11.4. The molecule has 0 aromatic carbocycles. The van der Waals surface area contributed by atoms with E-state index in [1.54, 1.807) is 0 Å². The monoisotopic (exact) mass is 152 g/mol. The van der Waals surface area contributed by atoms with Gasteiger partial charge in [-0.05, 0) is 0 Å². The Kier molecular flexibility index (Phi) is 5.61. The molecule has 9 heavy (non-hydrogen) atoms. The third-order valence-electron chi connectivity index (χ3n) is 0.916. The Labute approximate surface area is 62.6 Å². The Bertz CT molecular complexity index is 105. The predicted octanol–water partition coefficient (Wildman–Crippen LogP) is -0.443. The maximum absolute atomic E-state index is 5.53. The summed E-state index contributed by atoms with van der Waals surface area (Å²) >= 11 is 0. The van der Waals surface area contributed by atoms with Crippen molar-refractivity contribution in [1.82, 2.24) is 4.90 Å². The number of nitrogens with zero attached hydrogens (tertiary/aromatic N) is 2. The van der Waals surface area contributed by atoms with Crippen LogP contribution in [0.3, 0.4) is 0 Å². The molecule has 56 valence electrons. The molecule has 0 radical (unpaired) electrons. The van der Waals surface area contributed by atoms with Gasteiger partial charge in [-0.1, -0.05) is 0 Å². The molecule has 0 rings (SSSR count). The lowest BCUT2D eigenvalue weighted by Gasteiger charge is -2.04. The van der Waals surface area contributed by atoms with Crippen LogP contribution in [0.5, 0.6) is 0 Å². The Morgan fingerprint density at radius 2 is 1.67 bits per heavy atom. The van der Waals surface area contributed by atoms with E-state index in [0.29, 0.717) is 0 Å². The van der Waals surface area contributed by atoms with Gasteiger partial charge in [0.1, 0.15) is 0 Å². The molecule has 3 nitrogen and oxygen atoms in total. The quantitative estimate of drug-likeness (QED) is 0.290. The van der Waals surface area contributed by atoms with Gasteiger partial charge in [0.2, 0.25) is 0 Å². The van der Waals surface area contributed by atoms with E-state index in [0.717, 1.165) is 5.96 Å². The van der Waals surface area contributed by atoms with Crippen LogP contribution in [0.1, 0.15) is 0 Å². The van der Waals surface area contributed by atoms with Crippen LogP contribution < -0.4 is 5.73 Å². The number of hydrogen-bond donors (Lipinski definition) is 1. The molecule has 0 aliphatic heterocycles. The molecule has 0 aromatic rings. The third kappa shape index (κ3) is 4.09. The Hall–Kier alpha value is -0.440. The fraction of sp³-hybridized carbons (Fsp3) is 0.800. The fourth-order valence-corrected chi connectivity index (χ4v) is 0.400. The third-order valence-corrected chi connectivity index (χ3v) is 0.916. The van der Waals surface area contributed by atoms with Crippen molar-refractivity contribution in [2.75, 3.05) is 28.2 Å². The van der Waals surface area contributed by atoms with Crippen molar-refractivity contribution in [3.63, 3.8) is 0 Å². The molecule has 0 bridgehead atoms. The van der Waals surface area contributed by atoms with Crippen LogP contribution in [0.15, 0.2) is 0 Å². The number of hydrogen-bond acceptors (Lipinski definition) is 0. The van der Waals surface area contributed by atoms with Gasteiger partial charge in [0.15, 0.2) is 0 Å². The van der Waals surface area contributed by atoms with Crippen molar-refractivity contribution in [2.24, 2.45) is 5.73 Å². The highest BCUT2D eigenvalue weighted by atomic mass is 35.5. The van der Waals surface area contributed by atoms with Gasteiger partial charge in [0.25, 0.3) is 0 Å². The van der Waals surface area contributed by atoms with Crippen molar-refractivity contribution < 1.29 is 4.58 Å². The first-order valence-electron chi connectivity index (χ1n) is 2.52. The van der Waals surface area contributed by atoms with Gasteiger partial charge >= 0.3 is 5.96 Å². The van der Waals surface area contributed by atoms with E-state index in [2.05, 4.69) is 0 Å². The molecule has 0 unspecified atom stereocenters. The van der Waals surface area contributed by atoms with Crippen LogP contribution >= 0.6 is 12.4 Å². The normalized spacial score (nSPS) is 7.56. The highest BCUT2D eigenvalue weighted by molar-refractivity contribution is 5.85. The zero-order chi connectivity index (χ0) is 6.73. The van der Waals surface area contributed by atoms with Crippen LogP contribution in [0, 0.1) is 0 Å². The van der Waals surface area contributed by atoms with Gasteiger partial charge in [0, 0.05) is 0 Å². The molecule has 0 fully saturated rings. The molecule has 0 aliphatic carbocycles. The average Bonchev–Trinajstić information content (AvgIpc) is 1.64. The van der Waals surface area contributed by atoms with E-state index in [1.807, 2.05) is 37.7 Å². The number of guanidine groups is 1. The second-order valence-corrected chi connectivity index (χ2v) is 2.15. The number of halogens is 1. The smallest absolute Gasteiger partial charge is 0.291 e. The van der Waals surface area contributed by atoms with E-state index >= 15 is 0 Å². The van der Waals surface area contributed by atoms with Crippen LogP contribution in [-0.2, 0) is 0 Å². The summed E-state index contributed by atoms with van der Waals surface area (Å²) in [6.45, 7) is 0. The van der Waals surface area contributed by atoms with Crippen molar-refractivity contribution in [3.8, 4) is 0 Å². The highest BCUT2D eigenvalue weighted by Gasteiger charge is 2.00. The van der Waals surface area contributed by atoms with E-state index in [-0.39, 0.29) is 12.4 Å². The van der Waals surface area contributed by atoms with Gasteiger partial charge in [-0.2, -0.15) is 0 Å². The van der Waals surface area contributed by atoms with Crippen LogP contribution in [0.2, 0.25) is 0 Å². The molecule has 2 N–H and O–H groups in total. The van der Waals surface area contributed by atoms with Crippen LogP contribution in [0.4, 0.5) is 0 Å². The molecule has 0 heterocycles. The minimum Gasteiger partial charge on any atom is -0.291 e. The molecule has 0 amide bonds. The summed E-state index contributed by atoms with van der Waals surface area (Å²) in [6.07, 6.45) is 0.